The maximum absolute atomic E-state index is 12.9. The Bertz CT molecular complexity index is 940. The van der Waals surface area contributed by atoms with Crippen molar-refractivity contribution in [3.05, 3.63) is 41.7 Å². The summed E-state index contributed by atoms with van der Waals surface area (Å²) in [5.74, 6) is -0.0957. The Hall–Kier alpha value is -2.46. The first kappa shape index (κ1) is 17.9. The van der Waals surface area contributed by atoms with Crippen molar-refractivity contribution in [2.75, 3.05) is 23.6 Å². The fourth-order valence-electron chi connectivity index (χ4n) is 3.48. The Morgan fingerprint density at radius 2 is 2.11 bits per heavy atom. The monoisotopic (exact) mass is 391 g/mol. The molecule has 0 bridgehead atoms. The topological polar surface area (TPSA) is 106 Å². The molecule has 0 unspecified atom stereocenters. The third-order valence-corrected chi connectivity index (χ3v) is 6.31. The minimum Gasteiger partial charge on any atom is -0.370 e. The molecule has 1 N–H and O–H groups in total. The number of aromatic nitrogens is 3. The van der Waals surface area contributed by atoms with Crippen molar-refractivity contribution < 1.29 is 17.9 Å². The first-order chi connectivity index (χ1) is 13.0. The van der Waals surface area contributed by atoms with E-state index in [4.69, 9.17) is 4.74 Å². The molecule has 2 aliphatic rings. The Labute approximate surface area is 157 Å². The lowest BCUT2D eigenvalue weighted by Gasteiger charge is -2.41. The van der Waals surface area contributed by atoms with Crippen LogP contribution in [0.4, 0.5) is 5.69 Å². The van der Waals surface area contributed by atoms with Crippen LogP contribution in [0.25, 0.3) is 0 Å². The molecule has 0 radical (unpaired) electrons. The van der Waals surface area contributed by atoms with E-state index in [1.54, 1.807) is 42.3 Å². The number of benzene rings is 1. The highest BCUT2D eigenvalue weighted by Crippen LogP contribution is 2.30. The summed E-state index contributed by atoms with van der Waals surface area (Å²) in [6.45, 7) is 3.18. The van der Waals surface area contributed by atoms with Crippen molar-refractivity contribution in [2.24, 2.45) is 0 Å². The molecular formula is C17H21N5O4S. The third-order valence-electron chi connectivity index (χ3n) is 5.00. The average Bonchev–Trinajstić information content (AvgIpc) is 3.17. The molecule has 2 aliphatic heterocycles. The minimum absolute atomic E-state index is 0.00361. The summed E-state index contributed by atoms with van der Waals surface area (Å²) in [5.41, 5.74) is 1.88. The number of fused-ring (bicyclic) bond motifs is 3. The van der Waals surface area contributed by atoms with Crippen LogP contribution in [0.2, 0.25) is 0 Å². The largest absolute Gasteiger partial charge is 0.370 e. The Morgan fingerprint density at radius 1 is 1.33 bits per heavy atom. The van der Waals surface area contributed by atoms with E-state index in [1.807, 2.05) is 4.68 Å². The Balaban J connectivity index is 1.47. The Kier molecular flexibility index (Phi) is 4.60. The molecule has 3 heterocycles. The van der Waals surface area contributed by atoms with Crippen LogP contribution in [0.5, 0.6) is 0 Å². The van der Waals surface area contributed by atoms with Gasteiger partial charge in [-0.1, -0.05) is 5.21 Å². The highest BCUT2D eigenvalue weighted by atomic mass is 32.2. The molecule has 1 aromatic carbocycles. The van der Waals surface area contributed by atoms with Gasteiger partial charge in [0.2, 0.25) is 10.0 Å². The Morgan fingerprint density at radius 3 is 2.85 bits per heavy atom. The standard InChI is InChI=1S/C17H21N5O4S/c1-2-27(24,25)19-13-5-3-12(4-6-13)17(23)21-8-7-16-15(10-21)22-14(11-26-16)9-18-20-22/h3-6,9,15-16,19H,2,7-8,10-11H2,1H3/t15-,16-/m0/s1. The van der Waals surface area contributed by atoms with Crippen LogP contribution in [0.3, 0.4) is 0 Å². The van der Waals surface area contributed by atoms with Crippen molar-refractivity contribution in [3.8, 4) is 0 Å². The van der Waals surface area contributed by atoms with Gasteiger partial charge in [-0.25, -0.2) is 13.1 Å². The van der Waals surface area contributed by atoms with Gasteiger partial charge in [-0.3, -0.25) is 9.52 Å². The quantitative estimate of drug-likeness (QED) is 0.834. The smallest absolute Gasteiger partial charge is 0.253 e. The van der Waals surface area contributed by atoms with Gasteiger partial charge in [-0.2, -0.15) is 0 Å². The molecule has 0 spiro atoms. The number of hydrogen-bond acceptors (Lipinski definition) is 6. The van der Waals surface area contributed by atoms with Gasteiger partial charge in [-0.15, -0.1) is 5.10 Å². The van der Waals surface area contributed by atoms with Crippen LogP contribution in [0.15, 0.2) is 30.5 Å². The molecule has 1 amide bonds. The van der Waals surface area contributed by atoms with E-state index >= 15 is 0 Å². The summed E-state index contributed by atoms with van der Waals surface area (Å²) in [6, 6.07) is 6.45. The zero-order valence-electron chi connectivity index (χ0n) is 14.9. The molecule has 1 fully saturated rings. The van der Waals surface area contributed by atoms with Gasteiger partial charge in [0.25, 0.3) is 5.91 Å². The fraction of sp³-hybridized carbons (Fsp3) is 0.471. The predicted octanol–water partition coefficient (Wildman–Crippen LogP) is 1.03. The molecule has 27 heavy (non-hydrogen) atoms. The summed E-state index contributed by atoms with van der Waals surface area (Å²) in [4.78, 5) is 14.7. The van der Waals surface area contributed by atoms with E-state index in [0.717, 1.165) is 12.1 Å². The van der Waals surface area contributed by atoms with Gasteiger partial charge < -0.3 is 9.64 Å². The molecule has 1 saturated heterocycles. The number of carbonyl (C=O) groups is 1. The molecule has 144 valence electrons. The van der Waals surface area contributed by atoms with E-state index in [9.17, 15) is 13.2 Å². The number of anilines is 1. The van der Waals surface area contributed by atoms with Gasteiger partial charge in [-0.05, 0) is 37.6 Å². The molecule has 0 saturated carbocycles. The predicted molar refractivity (Wildman–Crippen MR) is 97.7 cm³/mol. The first-order valence-electron chi connectivity index (χ1n) is 8.87. The van der Waals surface area contributed by atoms with Gasteiger partial charge >= 0.3 is 0 Å². The number of amides is 1. The average molecular weight is 391 g/mol. The number of ether oxygens (including phenoxy) is 1. The summed E-state index contributed by atoms with van der Waals surface area (Å²) in [7, 11) is -3.34. The van der Waals surface area contributed by atoms with Crippen LogP contribution in [-0.2, 0) is 21.4 Å². The normalized spacial score (nSPS) is 22.0. The molecule has 2 aromatic rings. The van der Waals surface area contributed by atoms with E-state index in [0.29, 0.717) is 30.9 Å². The van der Waals surface area contributed by atoms with Crippen molar-refractivity contribution in [2.45, 2.75) is 32.1 Å². The van der Waals surface area contributed by atoms with Gasteiger partial charge in [0.15, 0.2) is 0 Å². The maximum atomic E-state index is 12.9. The summed E-state index contributed by atoms with van der Waals surface area (Å²) < 4.78 is 33.5. The number of rotatable bonds is 4. The van der Waals surface area contributed by atoms with Crippen LogP contribution in [0, 0.1) is 0 Å². The van der Waals surface area contributed by atoms with E-state index in [1.165, 1.54) is 0 Å². The van der Waals surface area contributed by atoms with Crippen molar-refractivity contribution in [3.63, 3.8) is 0 Å². The molecule has 1 aromatic heterocycles. The second-order valence-electron chi connectivity index (χ2n) is 6.71. The summed E-state index contributed by atoms with van der Waals surface area (Å²) in [5, 5.41) is 8.09. The summed E-state index contributed by atoms with van der Waals surface area (Å²) in [6.07, 6.45) is 2.46. The lowest BCUT2D eigenvalue weighted by atomic mass is 9.99. The SMILES string of the molecule is CCS(=O)(=O)Nc1ccc(C(=O)N2CC[C@@H]3OCc4cnnn4[C@H]3C2)cc1. The minimum atomic E-state index is -3.34. The number of likely N-dealkylation sites (tertiary alicyclic amines) is 1. The van der Waals surface area contributed by atoms with Crippen LogP contribution < -0.4 is 4.72 Å². The van der Waals surface area contributed by atoms with E-state index in [2.05, 4.69) is 15.0 Å². The number of nitrogens with zero attached hydrogens (tertiary/aromatic N) is 4. The second-order valence-corrected chi connectivity index (χ2v) is 8.72. The third kappa shape index (κ3) is 3.54. The van der Waals surface area contributed by atoms with Gasteiger partial charge in [0.05, 0.1) is 36.4 Å². The molecular weight excluding hydrogens is 370 g/mol. The first-order valence-corrected chi connectivity index (χ1v) is 10.5. The van der Waals surface area contributed by atoms with E-state index in [-0.39, 0.29) is 23.8 Å². The second kappa shape index (κ2) is 6.93. The lowest BCUT2D eigenvalue weighted by molar-refractivity contribution is -0.0605. The fourth-order valence-corrected chi connectivity index (χ4v) is 4.12. The van der Waals surface area contributed by atoms with Crippen LogP contribution >= 0.6 is 0 Å². The molecule has 0 aliphatic carbocycles. The number of sulfonamides is 1. The van der Waals surface area contributed by atoms with Crippen LogP contribution in [-0.4, -0.2) is 59.2 Å². The molecule has 10 heteroatoms. The highest BCUT2D eigenvalue weighted by Gasteiger charge is 2.38. The number of carbonyl (C=O) groups excluding carboxylic acids is 1. The van der Waals surface area contributed by atoms with E-state index < -0.39 is 10.0 Å². The lowest BCUT2D eigenvalue weighted by Crippen LogP contribution is -2.49. The van der Waals surface area contributed by atoms with Crippen molar-refractivity contribution >= 4 is 21.6 Å². The molecule has 4 rings (SSSR count). The van der Waals surface area contributed by atoms with Gasteiger partial charge in [0.1, 0.15) is 0 Å². The van der Waals surface area contributed by atoms with Gasteiger partial charge in [0, 0.05) is 24.3 Å². The van der Waals surface area contributed by atoms with Crippen molar-refractivity contribution in [1.29, 1.82) is 0 Å². The van der Waals surface area contributed by atoms with Crippen molar-refractivity contribution in [1.82, 2.24) is 19.9 Å². The summed E-state index contributed by atoms with van der Waals surface area (Å²) >= 11 is 0. The molecule has 9 nitrogen and oxygen atoms in total. The van der Waals surface area contributed by atoms with Crippen LogP contribution in [0.1, 0.15) is 35.4 Å². The number of piperidine rings is 1. The molecule has 2 atom stereocenters. The highest BCUT2D eigenvalue weighted by molar-refractivity contribution is 7.92. The zero-order valence-corrected chi connectivity index (χ0v) is 15.7. The zero-order chi connectivity index (χ0) is 19.0. The maximum Gasteiger partial charge on any atom is 0.253 e. The number of hydrogen-bond donors (Lipinski definition) is 1. The number of nitrogens with one attached hydrogen (secondary N) is 1.